The van der Waals surface area contributed by atoms with E-state index in [4.69, 9.17) is 0 Å². The van der Waals surface area contributed by atoms with Crippen LogP contribution in [0.2, 0.25) is 0 Å². The van der Waals surface area contributed by atoms with Gasteiger partial charge in [-0.1, -0.05) is 6.92 Å². The fraction of sp³-hybridized carbons (Fsp3) is 0.625. The molecule has 1 fully saturated rings. The van der Waals surface area contributed by atoms with Crippen molar-refractivity contribution in [2.45, 2.75) is 44.6 Å². The van der Waals surface area contributed by atoms with Crippen molar-refractivity contribution < 1.29 is 12.8 Å². The van der Waals surface area contributed by atoms with E-state index in [9.17, 15) is 12.8 Å². The Morgan fingerprint density at radius 3 is 2.59 bits per heavy atom. The van der Waals surface area contributed by atoms with Crippen LogP contribution in [0.3, 0.4) is 0 Å². The molecule has 0 bridgehead atoms. The Morgan fingerprint density at radius 2 is 2.00 bits per heavy atom. The molecule has 0 amide bonds. The van der Waals surface area contributed by atoms with E-state index in [1.54, 1.807) is 6.92 Å². The molecule has 0 radical (unpaired) electrons. The Kier molecular flexibility index (Phi) is 5.58. The average Bonchev–Trinajstić information content (AvgIpc) is 2.48. The molecule has 0 aromatic heterocycles. The van der Waals surface area contributed by atoms with Crippen molar-refractivity contribution in [3.63, 3.8) is 0 Å². The predicted molar refractivity (Wildman–Crippen MR) is 85.8 cm³/mol. The number of nitrogens with zero attached hydrogens (tertiary/aromatic N) is 1. The summed E-state index contributed by atoms with van der Waals surface area (Å²) in [6.45, 7) is 8.24. The Morgan fingerprint density at radius 1 is 1.36 bits per heavy atom. The standard InChI is InChI=1S/C16H25FN2O2S/c1-12-6-8-19(9-7-12)14(3)11-18-22(20,21)15-4-5-16(17)13(2)10-15/h4-5,10,12,14,18H,6-9,11H2,1-3H3. The first-order chi connectivity index (χ1) is 10.3. The van der Waals surface area contributed by atoms with Crippen LogP contribution >= 0.6 is 0 Å². The third-order valence-electron chi connectivity index (χ3n) is 4.45. The zero-order valence-corrected chi connectivity index (χ0v) is 14.3. The molecule has 1 atom stereocenters. The van der Waals surface area contributed by atoms with Crippen molar-refractivity contribution in [1.29, 1.82) is 0 Å². The van der Waals surface area contributed by atoms with E-state index in [1.165, 1.54) is 18.2 Å². The van der Waals surface area contributed by atoms with Gasteiger partial charge in [-0.25, -0.2) is 17.5 Å². The number of benzene rings is 1. The number of aryl methyl sites for hydroxylation is 1. The minimum absolute atomic E-state index is 0.117. The maximum atomic E-state index is 13.3. The molecule has 1 N–H and O–H groups in total. The number of sulfonamides is 1. The highest BCUT2D eigenvalue weighted by molar-refractivity contribution is 7.89. The Balaban J connectivity index is 1.95. The molecule has 1 aliphatic heterocycles. The highest BCUT2D eigenvalue weighted by Gasteiger charge is 2.22. The largest absolute Gasteiger partial charge is 0.299 e. The quantitative estimate of drug-likeness (QED) is 0.903. The number of hydrogen-bond donors (Lipinski definition) is 1. The molecule has 0 saturated carbocycles. The summed E-state index contributed by atoms with van der Waals surface area (Å²) in [4.78, 5) is 2.43. The minimum Gasteiger partial charge on any atom is -0.299 e. The van der Waals surface area contributed by atoms with Gasteiger partial charge in [-0.15, -0.1) is 0 Å². The van der Waals surface area contributed by atoms with E-state index in [-0.39, 0.29) is 10.9 Å². The Bertz CT molecular complexity index is 611. The first kappa shape index (κ1) is 17.4. The Labute approximate surface area is 132 Å². The van der Waals surface area contributed by atoms with E-state index in [0.717, 1.165) is 31.8 Å². The zero-order valence-electron chi connectivity index (χ0n) is 13.5. The van der Waals surface area contributed by atoms with Crippen LogP contribution in [-0.4, -0.2) is 39.0 Å². The van der Waals surface area contributed by atoms with Crippen LogP contribution in [-0.2, 0) is 10.0 Å². The average molecular weight is 328 g/mol. The second kappa shape index (κ2) is 7.06. The first-order valence-corrected chi connectivity index (χ1v) is 9.28. The second-order valence-electron chi connectivity index (χ2n) is 6.33. The first-order valence-electron chi connectivity index (χ1n) is 7.79. The lowest BCUT2D eigenvalue weighted by molar-refractivity contribution is 0.148. The van der Waals surface area contributed by atoms with Crippen molar-refractivity contribution in [2.75, 3.05) is 19.6 Å². The van der Waals surface area contributed by atoms with Gasteiger partial charge in [0.25, 0.3) is 0 Å². The van der Waals surface area contributed by atoms with E-state index in [0.29, 0.717) is 12.1 Å². The Hall–Kier alpha value is -0.980. The lowest BCUT2D eigenvalue weighted by Gasteiger charge is -2.34. The van der Waals surface area contributed by atoms with Gasteiger partial charge in [0.1, 0.15) is 5.82 Å². The van der Waals surface area contributed by atoms with Crippen LogP contribution in [0.25, 0.3) is 0 Å². The summed E-state index contributed by atoms with van der Waals surface area (Å²) in [5, 5.41) is 0. The summed E-state index contributed by atoms with van der Waals surface area (Å²) >= 11 is 0. The normalized spacial score (nSPS) is 19.3. The van der Waals surface area contributed by atoms with E-state index in [1.807, 2.05) is 6.92 Å². The molecule has 1 heterocycles. The van der Waals surface area contributed by atoms with Gasteiger partial charge >= 0.3 is 0 Å². The summed E-state index contributed by atoms with van der Waals surface area (Å²) in [6.07, 6.45) is 2.32. The predicted octanol–water partition coefficient (Wildman–Crippen LogP) is 2.53. The lowest BCUT2D eigenvalue weighted by atomic mass is 9.98. The van der Waals surface area contributed by atoms with E-state index >= 15 is 0 Å². The maximum absolute atomic E-state index is 13.3. The highest BCUT2D eigenvalue weighted by atomic mass is 32.2. The fourth-order valence-electron chi connectivity index (χ4n) is 2.70. The summed E-state index contributed by atoms with van der Waals surface area (Å²) in [5.74, 6) is 0.358. The van der Waals surface area contributed by atoms with Crippen molar-refractivity contribution in [3.05, 3.63) is 29.6 Å². The van der Waals surface area contributed by atoms with Gasteiger partial charge in [0.05, 0.1) is 4.90 Å². The number of halogens is 1. The van der Waals surface area contributed by atoms with Crippen LogP contribution in [0.15, 0.2) is 23.1 Å². The molecular weight excluding hydrogens is 303 g/mol. The third kappa shape index (κ3) is 4.27. The molecular formula is C16H25FN2O2S. The molecule has 4 nitrogen and oxygen atoms in total. The second-order valence-corrected chi connectivity index (χ2v) is 8.10. The van der Waals surface area contributed by atoms with Gasteiger partial charge in [0.15, 0.2) is 0 Å². The van der Waals surface area contributed by atoms with Crippen LogP contribution < -0.4 is 4.72 Å². The molecule has 1 aromatic rings. The zero-order chi connectivity index (χ0) is 16.3. The molecule has 0 spiro atoms. The van der Waals surface area contributed by atoms with E-state index < -0.39 is 15.8 Å². The third-order valence-corrected chi connectivity index (χ3v) is 5.87. The fourth-order valence-corrected chi connectivity index (χ4v) is 3.90. The van der Waals surface area contributed by atoms with E-state index in [2.05, 4.69) is 16.5 Å². The van der Waals surface area contributed by atoms with Gasteiger partial charge in [-0.3, -0.25) is 4.90 Å². The van der Waals surface area contributed by atoms with Gasteiger partial charge in [0.2, 0.25) is 10.0 Å². The van der Waals surface area contributed by atoms with Gasteiger partial charge in [-0.05, 0) is 69.5 Å². The molecule has 2 rings (SSSR count). The van der Waals surface area contributed by atoms with Crippen LogP contribution in [0.4, 0.5) is 4.39 Å². The molecule has 1 aromatic carbocycles. The number of rotatable bonds is 5. The summed E-state index contributed by atoms with van der Waals surface area (Å²) < 4.78 is 40.5. The minimum atomic E-state index is -3.59. The maximum Gasteiger partial charge on any atom is 0.240 e. The molecule has 22 heavy (non-hydrogen) atoms. The van der Waals surface area contributed by atoms with Gasteiger partial charge in [-0.2, -0.15) is 0 Å². The topological polar surface area (TPSA) is 49.4 Å². The molecule has 124 valence electrons. The lowest BCUT2D eigenvalue weighted by Crippen LogP contribution is -2.45. The molecule has 1 unspecified atom stereocenters. The van der Waals surface area contributed by atoms with Crippen LogP contribution in [0.1, 0.15) is 32.3 Å². The van der Waals surface area contributed by atoms with Crippen LogP contribution in [0.5, 0.6) is 0 Å². The smallest absolute Gasteiger partial charge is 0.240 e. The van der Waals surface area contributed by atoms with Crippen molar-refractivity contribution in [2.24, 2.45) is 5.92 Å². The molecule has 6 heteroatoms. The van der Waals surface area contributed by atoms with Gasteiger partial charge in [0, 0.05) is 12.6 Å². The van der Waals surface area contributed by atoms with Crippen molar-refractivity contribution in [1.82, 2.24) is 9.62 Å². The SMILES string of the molecule is Cc1cc(S(=O)(=O)NCC(C)N2CCC(C)CC2)ccc1F. The number of nitrogens with one attached hydrogen (secondary N) is 1. The summed E-state index contributed by atoms with van der Waals surface area (Å²) in [5.41, 5.74) is 0.334. The van der Waals surface area contributed by atoms with Crippen molar-refractivity contribution in [3.8, 4) is 0 Å². The number of piperidine rings is 1. The summed E-state index contributed by atoms with van der Waals surface area (Å²) in [7, 11) is -3.59. The number of likely N-dealkylation sites (tertiary alicyclic amines) is 1. The van der Waals surface area contributed by atoms with Gasteiger partial charge < -0.3 is 0 Å². The van der Waals surface area contributed by atoms with Crippen molar-refractivity contribution >= 4 is 10.0 Å². The van der Waals surface area contributed by atoms with Crippen LogP contribution in [0, 0.1) is 18.7 Å². The molecule has 1 saturated heterocycles. The summed E-state index contributed by atoms with van der Waals surface area (Å²) in [6, 6.07) is 4.02. The molecule has 0 aliphatic carbocycles. The highest BCUT2D eigenvalue weighted by Crippen LogP contribution is 2.18. The molecule has 1 aliphatic rings. The number of hydrogen-bond acceptors (Lipinski definition) is 3. The monoisotopic (exact) mass is 328 g/mol.